The number of rotatable bonds is 16. The van der Waals surface area contributed by atoms with Crippen molar-refractivity contribution in [2.45, 2.75) is 138 Å². The van der Waals surface area contributed by atoms with E-state index in [4.69, 9.17) is 0 Å². The first-order chi connectivity index (χ1) is 21.1. The molecule has 2 aromatic rings. The van der Waals surface area contributed by atoms with E-state index in [2.05, 4.69) is 117 Å². The Morgan fingerprint density at radius 1 is 0.778 bits per heavy atom. The van der Waals surface area contributed by atoms with E-state index in [1.807, 2.05) is 0 Å². The Morgan fingerprint density at radius 3 is 1.93 bits per heavy atom. The lowest BCUT2D eigenvalue weighted by atomic mass is 9.65. The van der Waals surface area contributed by atoms with Gasteiger partial charge in [0.15, 0.2) is 0 Å². The van der Waals surface area contributed by atoms with Gasteiger partial charge in [0, 0.05) is 31.1 Å². The monoisotopic (exact) mass is 615 g/mol. The molecule has 0 radical (unpaired) electrons. The highest BCUT2D eigenvalue weighted by atomic mass is 16.1. The van der Waals surface area contributed by atoms with Gasteiger partial charge in [-0.2, -0.15) is 0 Å². The average molecular weight is 615 g/mol. The van der Waals surface area contributed by atoms with E-state index >= 15 is 0 Å². The summed E-state index contributed by atoms with van der Waals surface area (Å²) < 4.78 is 1.45. The molecule has 2 aromatic carbocycles. The Hall–Kier alpha value is -1.93. The first-order valence-electron chi connectivity index (χ1n) is 18.6. The molecule has 250 valence electrons. The van der Waals surface area contributed by atoms with Gasteiger partial charge in [0.05, 0.1) is 26.2 Å². The highest BCUT2D eigenvalue weighted by molar-refractivity contribution is 5.81. The van der Waals surface area contributed by atoms with Crippen LogP contribution in [0.5, 0.6) is 0 Å². The number of hydrogen-bond donors (Lipinski definition) is 0. The summed E-state index contributed by atoms with van der Waals surface area (Å²) in [5.41, 5.74) is 4.41. The molecule has 4 rings (SSSR count). The summed E-state index contributed by atoms with van der Waals surface area (Å²) in [6.45, 7) is 26.7. The highest BCUT2D eigenvalue weighted by Crippen LogP contribution is 2.47. The lowest BCUT2D eigenvalue weighted by Crippen LogP contribution is -2.44. The van der Waals surface area contributed by atoms with E-state index in [9.17, 15) is 4.79 Å². The Labute approximate surface area is 278 Å². The molecule has 0 spiro atoms. The van der Waals surface area contributed by atoms with Crippen LogP contribution in [0, 0.1) is 28.1 Å². The topological polar surface area (TPSA) is 17.1 Å². The zero-order valence-electron chi connectivity index (χ0n) is 30.8. The van der Waals surface area contributed by atoms with Gasteiger partial charge >= 0.3 is 0 Å². The zero-order chi connectivity index (χ0) is 32.9. The van der Waals surface area contributed by atoms with Crippen molar-refractivity contribution in [3.05, 3.63) is 71.3 Å². The van der Waals surface area contributed by atoms with Gasteiger partial charge in [-0.25, -0.2) is 0 Å². The minimum atomic E-state index is -0.103. The molecular formula is C43H68NO+. The number of unbranched alkanes of at least 4 members (excludes halogenated alkanes) is 3. The molecule has 2 fully saturated rings. The van der Waals surface area contributed by atoms with Crippen molar-refractivity contribution in [3.63, 3.8) is 0 Å². The maximum Gasteiger partial charge on any atom is 0.136 e. The predicted octanol–water partition coefficient (Wildman–Crippen LogP) is 11.4. The van der Waals surface area contributed by atoms with Crippen LogP contribution < -0.4 is 0 Å². The van der Waals surface area contributed by atoms with Crippen LogP contribution in [0.25, 0.3) is 0 Å². The SMILES string of the molecule is CC(CC(c1ccc(CCCCCC[N+]23CCC(CC2)C3)cc1)C(C)(C)C)C(=O)CC(C)(C)C(CC(C)(C)C)c1ccccc1. The van der Waals surface area contributed by atoms with Crippen molar-refractivity contribution in [1.29, 1.82) is 0 Å². The normalized spacial score (nSPS) is 22.4. The quantitative estimate of drug-likeness (QED) is 0.136. The minimum absolute atomic E-state index is 0.0387. The Kier molecular flexibility index (Phi) is 11.9. The van der Waals surface area contributed by atoms with Crippen LogP contribution in [0.2, 0.25) is 0 Å². The molecule has 45 heavy (non-hydrogen) atoms. The summed E-state index contributed by atoms with van der Waals surface area (Å²) in [5, 5.41) is 0. The molecule has 2 aliphatic rings. The number of quaternary nitrogens is 1. The molecule has 3 atom stereocenters. The maximum absolute atomic E-state index is 13.9. The lowest BCUT2D eigenvalue weighted by molar-refractivity contribution is -0.909. The second-order valence-electron chi connectivity index (χ2n) is 18.5. The zero-order valence-corrected chi connectivity index (χ0v) is 30.8. The van der Waals surface area contributed by atoms with Crippen LogP contribution in [-0.2, 0) is 11.2 Å². The van der Waals surface area contributed by atoms with Crippen LogP contribution in [-0.4, -0.2) is 36.4 Å². The van der Waals surface area contributed by atoms with Gasteiger partial charge in [-0.15, -0.1) is 0 Å². The number of fused-ring (bicyclic) bond motifs is 2. The molecule has 2 nitrogen and oxygen atoms in total. The molecule has 2 aliphatic heterocycles. The number of hydrogen-bond acceptors (Lipinski definition) is 1. The van der Waals surface area contributed by atoms with Gasteiger partial charge in [-0.3, -0.25) is 4.79 Å². The second kappa shape index (κ2) is 14.9. The number of carbonyl (C=O) groups is 1. The maximum atomic E-state index is 13.9. The Balaban J connectivity index is 1.30. The van der Waals surface area contributed by atoms with Gasteiger partial charge in [0.2, 0.25) is 0 Å². The first kappa shape index (κ1) is 35.9. The smallest absolute Gasteiger partial charge is 0.136 e. The van der Waals surface area contributed by atoms with E-state index in [0.717, 1.165) is 18.8 Å². The number of carbonyl (C=O) groups excluding carboxylic acids is 1. The molecular weight excluding hydrogens is 546 g/mol. The summed E-state index contributed by atoms with van der Waals surface area (Å²) in [7, 11) is 0. The number of piperidine rings is 1. The third-order valence-electron chi connectivity index (χ3n) is 11.7. The third kappa shape index (κ3) is 10.3. The third-order valence-corrected chi connectivity index (χ3v) is 11.7. The molecule has 0 saturated carbocycles. The number of benzene rings is 2. The molecule has 0 amide bonds. The van der Waals surface area contributed by atoms with Crippen LogP contribution in [0.3, 0.4) is 0 Å². The molecule has 0 aliphatic carbocycles. The van der Waals surface area contributed by atoms with Crippen molar-refractivity contribution >= 4 is 5.78 Å². The summed E-state index contributed by atoms with van der Waals surface area (Å²) in [5.74, 6) is 2.22. The van der Waals surface area contributed by atoms with E-state index in [-0.39, 0.29) is 22.2 Å². The second-order valence-corrected chi connectivity index (χ2v) is 18.5. The van der Waals surface area contributed by atoms with Crippen molar-refractivity contribution in [1.82, 2.24) is 0 Å². The van der Waals surface area contributed by atoms with Gasteiger partial charge in [-0.05, 0) is 83.3 Å². The van der Waals surface area contributed by atoms with E-state index < -0.39 is 0 Å². The van der Waals surface area contributed by atoms with E-state index in [1.165, 1.54) is 92.3 Å². The number of nitrogens with zero attached hydrogens (tertiary/aromatic N) is 1. The predicted molar refractivity (Wildman–Crippen MR) is 194 cm³/mol. The molecule has 2 heterocycles. The summed E-state index contributed by atoms with van der Waals surface area (Å²) in [4.78, 5) is 13.9. The first-order valence-corrected chi connectivity index (χ1v) is 18.6. The van der Waals surface area contributed by atoms with Gasteiger partial charge in [0.25, 0.3) is 0 Å². The number of Topliss-reactive ketones (excluding diaryl/α,β-unsaturated/α-hetero) is 1. The van der Waals surface area contributed by atoms with E-state index in [0.29, 0.717) is 24.0 Å². The minimum Gasteiger partial charge on any atom is -0.323 e. The molecule has 3 unspecified atom stereocenters. The molecule has 2 heteroatoms. The number of aryl methyl sites for hydroxylation is 1. The largest absolute Gasteiger partial charge is 0.323 e. The fourth-order valence-corrected chi connectivity index (χ4v) is 8.81. The van der Waals surface area contributed by atoms with Crippen LogP contribution in [0.1, 0.15) is 149 Å². The average Bonchev–Trinajstić information content (AvgIpc) is 3.57. The van der Waals surface area contributed by atoms with Crippen molar-refractivity contribution in [2.75, 3.05) is 26.2 Å². The van der Waals surface area contributed by atoms with Gasteiger partial charge in [-0.1, -0.05) is 123 Å². The molecule has 2 saturated heterocycles. The molecule has 2 bridgehead atoms. The van der Waals surface area contributed by atoms with Crippen LogP contribution in [0.15, 0.2) is 54.6 Å². The van der Waals surface area contributed by atoms with Gasteiger partial charge in [0.1, 0.15) is 5.78 Å². The summed E-state index contributed by atoms with van der Waals surface area (Å²) in [6, 6.07) is 20.4. The number of ketones is 1. The Bertz CT molecular complexity index is 1190. The van der Waals surface area contributed by atoms with Crippen LogP contribution >= 0.6 is 0 Å². The lowest BCUT2D eigenvalue weighted by Gasteiger charge is -2.39. The van der Waals surface area contributed by atoms with Crippen molar-refractivity contribution < 1.29 is 9.28 Å². The van der Waals surface area contributed by atoms with Crippen LogP contribution in [0.4, 0.5) is 0 Å². The van der Waals surface area contributed by atoms with Gasteiger partial charge < -0.3 is 4.48 Å². The summed E-state index contributed by atoms with van der Waals surface area (Å²) in [6.07, 6.45) is 12.2. The fraction of sp³-hybridized carbons (Fsp3) is 0.698. The molecule has 0 N–H and O–H groups in total. The fourth-order valence-electron chi connectivity index (χ4n) is 8.81. The molecule has 0 aromatic heterocycles. The Morgan fingerprint density at radius 2 is 1.38 bits per heavy atom. The van der Waals surface area contributed by atoms with Crippen molar-refractivity contribution in [2.24, 2.45) is 28.1 Å². The summed E-state index contributed by atoms with van der Waals surface area (Å²) >= 11 is 0. The van der Waals surface area contributed by atoms with E-state index in [1.54, 1.807) is 0 Å². The highest BCUT2D eigenvalue weighted by Gasteiger charge is 2.44. The standard InChI is InChI=1S/C43H68NO/c1-33(40(45)31-43(8,9)39(30-41(2,3)4)36-18-14-12-15-19-36)29-38(42(5,6)7)37-22-20-34(21-23-37)17-13-10-11-16-26-44-27-24-35(32-44)25-28-44/h12,14-15,18-23,33,35,38-39H,10-11,13,16-17,24-32H2,1-9H3/q+1. The van der Waals surface area contributed by atoms with Crippen molar-refractivity contribution in [3.8, 4) is 0 Å².